The van der Waals surface area contributed by atoms with Gasteiger partial charge in [-0.3, -0.25) is 0 Å². The molecule has 0 saturated carbocycles. The predicted octanol–water partition coefficient (Wildman–Crippen LogP) is 2.77. The summed E-state index contributed by atoms with van der Waals surface area (Å²) < 4.78 is 29.0. The number of aliphatic hydroxyl groups is 1. The van der Waals surface area contributed by atoms with Gasteiger partial charge in [0.25, 0.3) is 0 Å². The first-order valence-corrected chi connectivity index (χ1v) is 9.59. The molecular formula is C21H32O6. The van der Waals surface area contributed by atoms with Crippen molar-refractivity contribution in [2.24, 2.45) is 11.8 Å². The Kier molecular flexibility index (Phi) is 6.13. The Morgan fingerprint density at radius 3 is 2.48 bits per heavy atom. The zero-order chi connectivity index (χ0) is 19.7. The molecule has 1 aromatic rings. The third-order valence-corrected chi connectivity index (χ3v) is 5.48. The van der Waals surface area contributed by atoms with Crippen LogP contribution in [-0.2, 0) is 25.6 Å². The minimum Gasteiger partial charge on any atom is -0.497 e. The number of aliphatic hydroxyl groups excluding tert-OH is 1. The number of ether oxygens (including phenoxy) is 5. The highest BCUT2D eigenvalue weighted by Crippen LogP contribution is 2.46. The smallest absolute Gasteiger partial charge is 0.163 e. The number of methoxy groups -OCH3 is 1. The molecule has 0 aliphatic carbocycles. The zero-order valence-corrected chi connectivity index (χ0v) is 16.9. The molecule has 2 aliphatic heterocycles. The van der Waals surface area contributed by atoms with Gasteiger partial charge >= 0.3 is 0 Å². The average molecular weight is 380 g/mol. The molecule has 3 rings (SSSR count). The van der Waals surface area contributed by atoms with Crippen molar-refractivity contribution in [2.75, 3.05) is 26.9 Å². The Labute approximate surface area is 161 Å². The summed E-state index contributed by atoms with van der Waals surface area (Å²) in [5.74, 6) is 0.457. The van der Waals surface area contributed by atoms with Crippen LogP contribution in [0.1, 0.15) is 33.3 Å². The lowest BCUT2D eigenvalue weighted by Crippen LogP contribution is -2.51. The zero-order valence-electron chi connectivity index (χ0n) is 16.9. The molecule has 5 atom stereocenters. The van der Waals surface area contributed by atoms with Crippen molar-refractivity contribution in [3.05, 3.63) is 29.8 Å². The molecule has 0 aromatic heterocycles. The third-order valence-electron chi connectivity index (χ3n) is 5.48. The Balaban J connectivity index is 1.57. The normalized spacial score (nSPS) is 33.5. The highest BCUT2D eigenvalue weighted by molar-refractivity contribution is 5.26. The van der Waals surface area contributed by atoms with Gasteiger partial charge < -0.3 is 28.8 Å². The number of benzene rings is 1. The molecule has 0 unspecified atom stereocenters. The van der Waals surface area contributed by atoms with Gasteiger partial charge in [0, 0.05) is 11.8 Å². The lowest BCUT2D eigenvalue weighted by molar-refractivity contribution is -0.305. The molecule has 2 saturated heterocycles. The second-order valence-corrected chi connectivity index (χ2v) is 8.31. The quantitative estimate of drug-likeness (QED) is 0.700. The number of rotatable bonds is 8. The van der Waals surface area contributed by atoms with E-state index in [2.05, 4.69) is 6.92 Å². The van der Waals surface area contributed by atoms with E-state index in [-0.39, 0.29) is 30.7 Å². The highest BCUT2D eigenvalue weighted by atomic mass is 16.7. The third kappa shape index (κ3) is 4.81. The summed E-state index contributed by atoms with van der Waals surface area (Å²) >= 11 is 0. The van der Waals surface area contributed by atoms with Crippen molar-refractivity contribution in [2.45, 2.75) is 57.9 Å². The maximum Gasteiger partial charge on any atom is 0.163 e. The second kappa shape index (κ2) is 8.05. The monoisotopic (exact) mass is 380 g/mol. The van der Waals surface area contributed by atoms with Crippen LogP contribution in [0.15, 0.2) is 24.3 Å². The van der Waals surface area contributed by atoms with Gasteiger partial charge in [-0.1, -0.05) is 19.1 Å². The van der Waals surface area contributed by atoms with Gasteiger partial charge in [0.2, 0.25) is 0 Å². The van der Waals surface area contributed by atoms with E-state index in [1.54, 1.807) is 7.11 Å². The average Bonchev–Trinajstić information content (AvgIpc) is 3.33. The molecule has 6 nitrogen and oxygen atoms in total. The van der Waals surface area contributed by atoms with E-state index >= 15 is 0 Å². The second-order valence-electron chi connectivity index (χ2n) is 8.31. The lowest BCUT2D eigenvalue weighted by atomic mass is 9.85. The topological polar surface area (TPSA) is 69.7 Å². The fraction of sp³-hybridized carbons (Fsp3) is 0.714. The van der Waals surface area contributed by atoms with Gasteiger partial charge in [0.15, 0.2) is 5.79 Å². The van der Waals surface area contributed by atoms with Crippen molar-refractivity contribution in [1.82, 2.24) is 0 Å². The van der Waals surface area contributed by atoms with E-state index < -0.39 is 11.4 Å². The first-order chi connectivity index (χ1) is 12.8. The lowest BCUT2D eigenvalue weighted by Gasteiger charge is -2.43. The van der Waals surface area contributed by atoms with Crippen molar-refractivity contribution >= 4 is 0 Å². The first-order valence-electron chi connectivity index (χ1n) is 9.59. The van der Waals surface area contributed by atoms with Crippen LogP contribution in [-0.4, -0.2) is 55.6 Å². The van der Waals surface area contributed by atoms with Crippen LogP contribution in [0.4, 0.5) is 0 Å². The molecule has 27 heavy (non-hydrogen) atoms. The van der Waals surface area contributed by atoms with Crippen LogP contribution in [0.5, 0.6) is 5.75 Å². The van der Waals surface area contributed by atoms with Gasteiger partial charge in [0.1, 0.15) is 11.4 Å². The number of hydrogen-bond donors (Lipinski definition) is 1. The maximum absolute atomic E-state index is 9.56. The number of hydrogen-bond acceptors (Lipinski definition) is 6. The summed E-state index contributed by atoms with van der Waals surface area (Å²) in [6.45, 7) is 9.60. The molecule has 0 spiro atoms. The SMILES string of the molecule is COc1ccc(COC[C@@H](C)[C@H]2OC(C)(C)OC[C@@H]2[C@@H]2O[C@@]2(C)CO)cc1. The summed E-state index contributed by atoms with van der Waals surface area (Å²) in [6, 6.07) is 7.88. The van der Waals surface area contributed by atoms with Crippen LogP contribution in [0, 0.1) is 11.8 Å². The number of epoxide rings is 1. The summed E-state index contributed by atoms with van der Waals surface area (Å²) in [4.78, 5) is 0. The summed E-state index contributed by atoms with van der Waals surface area (Å²) in [5, 5.41) is 9.56. The highest BCUT2D eigenvalue weighted by Gasteiger charge is 2.60. The van der Waals surface area contributed by atoms with Gasteiger partial charge in [-0.05, 0) is 38.5 Å². The van der Waals surface area contributed by atoms with Gasteiger partial charge in [-0.2, -0.15) is 0 Å². The molecule has 1 N–H and O–H groups in total. The van der Waals surface area contributed by atoms with Crippen LogP contribution in [0.25, 0.3) is 0 Å². The molecule has 0 bridgehead atoms. The molecule has 2 heterocycles. The molecule has 0 amide bonds. The fourth-order valence-electron chi connectivity index (χ4n) is 3.74. The summed E-state index contributed by atoms with van der Waals surface area (Å²) in [6.07, 6.45) is -0.101. The van der Waals surface area contributed by atoms with Crippen molar-refractivity contribution < 1.29 is 28.8 Å². The molecular weight excluding hydrogens is 348 g/mol. The predicted molar refractivity (Wildman–Crippen MR) is 101 cm³/mol. The molecule has 2 fully saturated rings. The van der Waals surface area contributed by atoms with E-state index in [0.717, 1.165) is 11.3 Å². The summed E-state index contributed by atoms with van der Waals surface area (Å²) in [5.41, 5.74) is 0.618. The standard InChI is InChI=1S/C21H32O6/c1-14(10-24-11-15-6-8-16(23-5)9-7-15)18-17(12-25-20(2,3)26-18)19-21(4,13-22)27-19/h6-9,14,17-19,22H,10-13H2,1-5H3/t14-,17+,18-,19+,21+/m1/s1. The molecule has 2 aliphatic rings. The Bertz CT molecular complexity index is 616. The summed E-state index contributed by atoms with van der Waals surface area (Å²) in [7, 11) is 1.66. The Morgan fingerprint density at radius 1 is 1.19 bits per heavy atom. The van der Waals surface area contributed by atoms with E-state index in [4.69, 9.17) is 23.7 Å². The van der Waals surface area contributed by atoms with E-state index in [9.17, 15) is 5.11 Å². The molecule has 0 radical (unpaired) electrons. The van der Waals surface area contributed by atoms with Crippen LogP contribution >= 0.6 is 0 Å². The van der Waals surface area contributed by atoms with Gasteiger partial charge in [-0.25, -0.2) is 0 Å². The molecule has 1 aromatic carbocycles. The van der Waals surface area contributed by atoms with Crippen molar-refractivity contribution in [3.63, 3.8) is 0 Å². The maximum atomic E-state index is 9.56. The van der Waals surface area contributed by atoms with Crippen LogP contribution in [0.2, 0.25) is 0 Å². The van der Waals surface area contributed by atoms with E-state index in [1.165, 1.54) is 0 Å². The minimum atomic E-state index is -0.629. The van der Waals surface area contributed by atoms with Crippen LogP contribution in [0.3, 0.4) is 0 Å². The van der Waals surface area contributed by atoms with Crippen LogP contribution < -0.4 is 4.74 Å². The molecule has 6 heteroatoms. The molecule has 152 valence electrons. The minimum absolute atomic E-state index is 0.00658. The first kappa shape index (κ1) is 20.6. The van der Waals surface area contributed by atoms with E-state index in [1.807, 2.05) is 45.0 Å². The largest absolute Gasteiger partial charge is 0.497 e. The van der Waals surface area contributed by atoms with Crippen molar-refractivity contribution in [3.8, 4) is 5.75 Å². The van der Waals surface area contributed by atoms with Gasteiger partial charge in [0.05, 0.1) is 45.7 Å². The van der Waals surface area contributed by atoms with E-state index in [0.29, 0.717) is 19.8 Å². The Hall–Kier alpha value is -1.18. The Morgan fingerprint density at radius 2 is 1.89 bits per heavy atom. The fourth-order valence-corrected chi connectivity index (χ4v) is 3.74. The van der Waals surface area contributed by atoms with Crippen molar-refractivity contribution in [1.29, 1.82) is 0 Å². The van der Waals surface area contributed by atoms with Gasteiger partial charge in [-0.15, -0.1) is 0 Å².